The van der Waals surface area contributed by atoms with Crippen LogP contribution < -0.4 is 4.90 Å². The molecule has 2 aromatic carbocycles. The van der Waals surface area contributed by atoms with Gasteiger partial charge in [-0.25, -0.2) is 4.39 Å². The Morgan fingerprint density at radius 2 is 1.83 bits per heavy atom. The maximum absolute atomic E-state index is 13.9. The summed E-state index contributed by atoms with van der Waals surface area (Å²) in [5, 5.41) is 0. The molecular weight excluding hydrogens is 303 g/mol. The number of benzene rings is 2. The van der Waals surface area contributed by atoms with Gasteiger partial charge >= 0.3 is 0 Å². The molecule has 0 aromatic heterocycles. The number of aryl methyl sites for hydroxylation is 1. The average Bonchev–Trinajstić information content (AvgIpc) is 2.57. The van der Waals surface area contributed by atoms with Gasteiger partial charge < -0.3 is 4.90 Å². The fraction of sp³-hybridized carbons (Fsp3) is 0.350. The lowest BCUT2D eigenvalue weighted by Crippen LogP contribution is -2.55. The highest BCUT2D eigenvalue weighted by Crippen LogP contribution is 2.27. The number of carbonyl (C=O) groups excluding carboxylic acids is 1. The molecular formula is C20H23FN2O. The average molecular weight is 326 g/mol. The number of rotatable bonds is 3. The normalized spacial score (nSPS) is 18.9. The van der Waals surface area contributed by atoms with Crippen LogP contribution in [-0.2, 0) is 11.3 Å². The van der Waals surface area contributed by atoms with E-state index >= 15 is 0 Å². The molecule has 4 heteroatoms. The third-order valence-corrected chi connectivity index (χ3v) is 4.98. The zero-order chi connectivity index (χ0) is 17.3. The summed E-state index contributed by atoms with van der Waals surface area (Å²) < 4.78 is 13.9. The molecule has 1 atom stereocenters. The molecule has 1 aliphatic rings. The van der Waals surface area contributed by atoms with Crippen molar-refractivity contribution in [3.8, 4) is 0 Å². The molecule has 1 fully saturated rings. The van der Waals surface area contributed by atoms with E-state index in [1.165, 1.54) is 11.6 Å². The zero-order valence-electron chi connectivity index (χ0n) is 14.4. The minimum atomic E-state index is -0.265. The first-order valence-corrected chi connectivity index (χ1v) is 8.34. The van der Waals surface area contributed by atoms with Crippen LogP contribution in [0, 0.1) is 19.7 Å². The molecule has 1 aliphatic heterocycles. The molecule has 126 valence electrons. The number of carbonyl (C=O) groups is 1. The molecule has 24 heavy (non-hydrogen) atoms. The Morgan fingerprint density at radius 1 is 1.08 bits per heavy atom. The Hall–Kier alpha value is -2.20. The lowest BCUT2D eigenvalue weighted by atomic mass is 10.0. The Balaban J connectivity index is 1.79. The second-order valence-electron chi connectivity index (χ2n) is 6.45. The number of nitrogens with zero attached hydrogens (tertiary/aromatic N) is 2. The molecule has 3 rings (SSSR count). The van der Waals surface area contributed by atoms with Crippen molar-refractivity contribution in [1.29, 1.82) is 0 Å². The van der Waals surface area contributed by atoms with Crippen LogP contribution in [0.5, 0.6) is 0 Å². The van der Waals surface area contributed by atoms with Crippen molar-refractivity contribution in [2.45, 2.75) is 33.4 Å². The van der Waals surface area contributed by atoms with E-state index in [9.17, 15) is 9.18 Å². The number of amides is 1. The first-order valence-electron chi connectivity index (χ1n) is 8.34. The van der Waals surface area contributed by atoms with Crippen LogP contribution in [-0.4, -0.2) is 29.9 Å². The smallest absolute Gasteiger partial charge is 0.244 e. The summed E-state index contributed by atoms with van der Waals surface area (Å²) in [6.45, 7) is 7.83. The van der Waals surface area contributed by atoms with E-state index in [0.29, 0.717) is 18.7 Å². The third-order valence-electron chi connectivity index (χ3n) is 4.98. The number of piperazine rings is 1. The van der Waals surface area contributed by atoms with Gasteiger partial charge in [0.25, 0.3) is 0 Å². The largest absolute Gasteiger partial charge is 0.310 e. The lowest BCUT2D eigenvalue weighted by molar-refractivity contribution is -0.125. The van der Waals surface area contributed by atoms with E-state index in [4.69, 9.17) is 0 Å². The van der Waals surface area contributed by atoms with Gasteiger partial charge in [0, 0.05) is 30.9 Å². The highest BCUT2D eigenvalue weighted by Gasteiger charge is 2.33. The topological polar surface area (TPSA) is 23.6 Å². The summed E-state index contributed by atoms with van der Waals surface area (Å²) in [5.41, 5.74) is 3.94. The van der Waals surface area contributed by atoms with Crippen LogP contribution in [0.25, 0.3) is 0 Å². The maximum Gasteiger partial charge on any atom is 0.244 e. The summed E-state index contributed by atoms with van der Waals surface area (Å²) >= 11 is 0. The zero-order valence-corrected chi connectivity index (χ0v) is 14.4. The van der Waals surface area contributed by atoms with Crippen LogP contribution in [0.2, 0.25) is 0 Å². The van der Waals surface area contributed by atoms with Gasteiger partial charge in [0.15, 0.2) is 0 Å². The van der Waals surface area contributed by atoms with Crippen LogP contribution >= 0.6 is 0 Å². The molecule has 2 aromatic rings. The van der Waals surface area contributed by atoms with Gasteiger partial charge in [0.2, 0.25) is 5.91 Å². The predicted molar refractivity (Wildman–Crippen MR) is 94.5 cm³/mol. The number of anilines is 1. The van der Waals surface area contributed by atoms with Gasteiger partial charge in [0.05, 0.1) is 6.04 Å². The summed E-state index contributed by atoms with van der Waals surface area (Å²) in [6, 6.07) is 12.5. The van der Waals surface area contributed by atoms with Crippen molar-refractivity contribution in [2.24, 2.45) is 0 Å². The van der Waals surface area contributed by atoms with E-state index in [-0.39, 0.29) is 17.8 Å². The molecule has 0 unspecified atom stereocenters. The summed E-state index contributed by atoms with van der Waals surface area (Å²) in [5.74, 6) is -0.139. The van der Waals surface area contributed by atoms with Crippen LogP contribution in [0.15, 0.2) is 42.5 Å². The Bertz CT molecular complexity index is 759. The fourth-order valence-electron chi connectivity index (χ4n) is 3.24. The van der Waals surface area contributed by atoms with E-state index in [0.717, 1.165) is 17.8 Å². The van der Waals surface area contributed by atoms with E-state index < -0.39 is 0 Å². The molecule has 0 saturated carbocycles. The monoisotopic (exact) mass is 326 g/mol. The Morgan fingerprint density at radius 3 is 2.58 bits per heavy atom. The quantitative estimate of drug-likeness (QED) is 0.859. The van der Waals surface area contributed by atoms with Crippen molar-refractivity contribution < 1.29 is 9.18 Å². The van der Waals surface area contributed by atoms with Crippen LogP contribution in [0.3, 0.4) is 0 Å². The molecule has 0 bridgehead atoms. The van der Waals surface area contributed by atoms with Crippen LogP contribution in [0.1, 0.15) is 23.6 Å². The predicted octanol–water partition coefficient (Wildman–Crippen LogP) is 3.68. The molecule has 3 nitrogen and oxygen atoms in total. The number of halogens is 1. The number of hydrogen-bond acceptors (Lipinski definition) is 2. The number of hydrogen-bond donors (Lipinski definition) is 0. The fourth-order valence-corrected chi connectivity index (χ4v) is 3.24. The Kier molecular flexibility index (Phi) is 4.67. The molecule has 1 saturated heterocycles. The third kappa shape index (κ3) is 3.06. The van der Waals surface area contributed by atoms with Gasteiger partial charge in [-0.3, -0.25) is 9.69 Å². The van der Waals surface area contributed by atoms with Gasteiger partial charge in [-0.1, -0.05) is 30.3 Å². The Labute approximate surface area is 142 Å². The highest BCUT2D eigenvalue weighted by atomic mass is 19.1. The van der Waals surface area contributed by atoms with E-state index in [2.05, 4.69) is 13.0 Å². The second-order valence-corrected chi connectivity index (χ2v) is 6.45. The van der Waals surface area contributed by atoms with Gasteiger partial charge in [-0.2, -0.15) is 0 Å². The van der Waals surface area contributed by atoms with Gasteiger partial charge in [-0.15, -0.1) is 0 Å². The summed E-state index contributed by atoms with van der Waals surface area (Å²) in [6.07, 6.45) is 0. The van der Waals surface area contributed by atoms with Gasteiger partial charge in [-0.05, 0) is 44.0 Å². The minimum Gasteiger partial charge on any atom is -0.310 e. The van der Waals surface area contributed by atoms with Gasteiger partial charge in [0.1, 0.15) is 5.82 Å². The van der Waals surface area contributed by atoms with E-state index in [1.54, 1.807) is 12.1 Å². The highest BCUT2D eigenvalue weighted by molar-refractivity contribution is 5.98. The minimum absolute atomic E-state index is 0.0753. The summed E-state index contributed by atoms with van der Waals surface area (Å²) in [4.78, 5) is 16.8. The molecule has 0 radical (unpaired) electrons. The second kappa shape index (κ2) is 6.73. The van der Waals surface area contributed by atoms with E-state index in [1.807, 2.05) is 41.8 Å². The molecule has 0 N–H and O–H groups in total. The standard InChI is InChI=1S/C20H23FN2O/c1-14-7-6-10-19(15(14)2)23-12-11-22(16(3)20(23)24)13-17-8-4-5-9-18(17)21/h4-10,16H,11-13H2,1-3H3/t16-/m1/s1. The molecule has 1 heterocycles. The molecule has 1 amide bonds. The first-order chi connectivity index (χ1) is 11.5. The molecule has 0 aliphatic carbocycles. The molecule has 0 spiro atoms. The lowest BCUT2D eigenvalue weighted by Gasteiger charge is -2.39. The summed E-state index contributed by atoms with van der Waals surface area (Å²) in [7, 11) is 0. The van der Waals surface area contributed by atoms with Crippen LogP contribution in [0.4, 0.5) is 10.1 Å². The van der Waals surface area contributed by atoms with Crippen molar-refractivity contribution in [3.05, 3.63) is 65.0 Å². The van der Waals surface area contributed by atoms with Crippen molar-refractivity contribution in [2.75, 3.05) is 18.0 Å². The SMILES string of the molecule is Cc1cccc(N2CCN(Cc3ccccc3F)[C@H](C)C2=O)c1C. The first kappa shape index (κ1) is 16.7. The van der Waals surface area contributed by atoms with Crippen molar-refractivity contribution >= 4 is 11.6 Å². The van der Waals surface area contributed by atoms with Crippen molar-refractivity contribution in [1.82, 2.24) is 4.90 Å². The van der Waals surface area contributed by atoms with Crippen molar-refractivity contribution in [3.63, 3.8) is 0 Å². The maximum atomic E-state index is 13.9.